The van der Waals surface area contributed by atoms with Crippen LogP contribution in [0.3, 0.4) is 0 Å². The van der Waals surface area contributed by atoms with Crippen LogP contribution in [0.4, 0.5) is 0 Å². The molecule has 2 amide bonds. The first-order valence-electron chi connectivity index (χ1n) is 20.0. The summed E-state index contributed by atoms with van der Waals surface area (Å²) < 4.78 is 0. The fourth-order valence-electron chi connectivity index (χ4n) is 10.0. The van der Waals surface area contributed by atoms with Gasteiger partial charge in [-0.3, -0.25) is 24.3 Å². The molecule has 0 saturated carbocycles. The zero-order valence-electron chi connectivity index (χ0n) is 32.8. The predicted molar refractivity (Wildman–Crippen MR) is 198 cm³/mol. The molecule has 0 aromatic heterocycles. The molecule has 0 aromatic rings. The molecule has 8 nitrogen and oxygen atoms in total. The third kappa shape index (κ3) is 9.55. The monoisotopic (exact) mass is 671 g/mol. The summed E-state index contributed by atoms with van der Waals surface area (Å²) >= 11 is 0. The summed E-state index contributed by atoms with van der Waals surface area (Å²) in [5, 5.41) is 6.46. The van der Waals surface area contributed by atoms with Gasteiger partial charge in [-0.05, 0) is 159 Å². The van der Waals surface area contributed by atoms with Gasteiger partial charge in [0.05, 0.1) is 0 Å². The Morgan fingerprint density at radius 1 is 0.500 bits per heavy atom. The minimum atomic E-state index is -0.148. The fourth-order valence-corrected chi connectivity index (χ4v) is 10.0. The van der Waals surface area contributed by atoms with E-state index in [4.69, 9.17) is 0 Å². The topological polar surface area (TPSA) is 71.2 Å². The molecule has 5 rings (SSSR count). The zero-order chi connectivity index (χ0) is 35.1. The largest absolute Gasteiger partial charge is 0.351 e. The molecule has 5 heterocycles. The van der Waals surface area contributed by atoms with Gasteiger partial charge in [-0.2, -0.15) is 0 Å². The number of hydrogen-bond donors (Lipinski definition) is 2. The van der Waals surface area contributed by atoms with Crippen molar-refractivity contribution in [2.45, 2.75) is 193 Å². The highest BCUT2D eigenvalue weighted by Crippen LogP contribution is 2.43. The quantitative estimate of drug-likeness (QED) is 0.312. The number of nitrogens with one attached hydrogen (secondary N) is 2. The van der Waals surface area contributed by atoms with Gasteiger partial charge in [0.15, 0.2) is 0 Å². The van der Waals surface area contributed by atoms with E-state index in [0.29, 0.717) is 24.2 Å². The van der Waals surface area contributed by atoms with Crippen LogP contribution in [-0.4, -0.2) is 117 Å². The molecule has 0 aromatic carbocycles. The molecule has 2 N–H and O–H groups in total. The van der Waals surface area contributed by atoms with Crippen LogP contribution in [-0.2, 0) is 9.59 Å². The third-order valence-corrected chi connectivity index (χ3v) is 13.0. The minimum absolute atomic E-state index is 0.147. The van der Waals surface area contributed by atoms with E-state index in [1.165, 1.54) is 77.5 Å². The van der Waals surface area contributed by atoms with Crippen LogP contribution in [0.25, 0.3) is 0 Å². The third-order valence-electron chi connectivity index (χ3n) is 13.0. The van der Waals surface area contributed by atoms with Crippen molar-refractivity contribution in [3.63, 3.8) is 0 Å². The summed E-state index contributed by atoms with van der Waals surface area (Å²) in [4.78, 5) is 36.8. The average molecular weight is 671 g/mol. The van der Waals surface area contributed by atoms with Crippen molar-refractivity contribution in [3.05, 3.63) is 0 Å². The molecular formula is C40H74N6O2. The van der Waals surface area contributed by atoms with Crippen LogP contribution >= 0.6 is 0 Å². The van der Waals surface area contributed by atoms with Crippen molar-refractivity contribution < 1.29 is 9.59 Å². The van der Waals surface area contributed by atoms with Gasteiger partial charge in [-0.1, -0.05) is 0 Å². The number of amides is 2. The van der Waals surface area contributed by atoms with Gasteiger partial charge in [0.2, 0.25) is 11.8 Å². The smallest absolute Gasteiger partial charge is 0.223 e. The van der Waals surface area contributed by atoms with E-state index in [1.54, 1.807) is 0 Å². The summed E-state index contributed by atoms with van der Waals surface area (Å²) in [6, 6.07) is 2.55. The molecule has 2 atom stereocenters. The van der Waals surface area contributed by atoms with Crippen LogP contribution in [0.15, 0.2) is 0 Å². The summed E-state index contributed by atoms with van der Waals surface area (Å²) in [5.74, 6) is 0.893. The number of nitrogens with zero attached hydrogens (tertiary/aromatic N) is 4. The van der Waals surface area contributed by atoms with Crippen molar-refractivity contribution in [2.75, 3.05) is 39.3 Å². The number of hydrogen-bond acceptors (Lipinski definition) is 6. The SMILES string of the molecule is CC(C)(C)NC(=O)C1CCN(C2CCN(C(C)(C)CCC(C)(C)N3CCC(N4C5CCC4CC(C(=O)NC(C)(C)C)C5)CC3)CC2)CC1. The van der Waals surface area contributed by atoms with Crippen molar-refractivity contribution in [1.82, 2.24) is 30.2 Å². The maximum Gasteiger partial charge on any atom is 0.223 e. The van der Waals surface area contributed by atoms with Crippen molar-refractivity contribution in [2.24, 2.45) is 11.8 Å². The molecule has 276 valence electrons. The first-order valence-corrected chi connectivity index (χ1v) is 20.0. The van der Waals surface area contributed by atoms with Crippen LogP contribution in [0, 0.1) is 11.8 Å². The molecule has 48 heavy (non-hydrogen) atoms. The van der Waals surface area contributed by atoms with Crippen molar-refractivity contribution in [1.29, 1.82) is 0 Å². The summed E-state index contributed by atoms with van der Waals surface area (Å²) in [6.07, 6.45) is 14.1. The van der Waals surface area contributed by atoms with Crippen molar-refractivity contribution in [3.8, 4) is 0 Å². The number of carbonyl (C=O) groups is 2. The second-order valence-corrected chi connectivity index (χ2v) is 19.9. The molecule has 2 bridgehead atoms. The second kappa shape index (κ2) is 14.8. The van der Waals surface area contributed by atoms with Gasteiger partial charge in [0, 0.05) is 84.3 Å². The van der Waals surface area contributed by atoms with E-state index < -0.39 is 0 Å². The van der Waals surface area contributed by atoms with Crippen LogP contribution in [0.5, 0.6) is 0 Å². The minimum Gasteiger partial charge on any atom is -0.351 e. The standard InChI is InChI=1S/C40H74N6O2/c1-37(2,3)41-35(47)29-13-21-43(22-14-29)31-15-23-44(24-16-31)39(7,8)19-20-40(9,10)45-25-17-32(18-26-45)46-33-11-12-34(46)28-30(27-33)36(48)42-38(4,5)6/h29-34H,11-28H2,1-10H3,(H,41,47)(H,42,48). The lowest BCUT2D eigenvalue weighted by atomic mass is 9.83. The first kappa shape index (κ1) is 38.0. The van der Waals surface area contributed by atoms with Crippen molar-refractivity contribution >= 4 is 11.8 Å². The second-order valence-electron chi connectivity index (χ2n) is 19.9. The van der Waals surface area contributed by atoms with Crippen LogP contribution in [0.1, 0.15) is 146 Å². The molecule has 5 fully saturated rings. The molecule has 0 radical (unpaired) electrons. The first-order chi connectivity index (χ1) is 22.3. The van der Waals surface area contributed by atoms with Gasteiger partial charge in [-0.25, -0.2) is 0 Å². The predicted octanol–water partition coefficient (Wildman–Crippen LogP) is 6.04. The number of rotatable bonds is 9. The van der Waals surface area contributed by atoms with Gasteiger partial charge in [0.25, 0.3) is 0 Å². The van der Waals surface area contributed by atoms with Crippen LogP contribution < -0.4 is 10.6 Å². The highest BCUT2D eigenvalue weighted by Gasteiger charge is 2.47. The number of likely N-dealkylation sites (tertiary alicyclic amines) is 3. The molecule has 5 aliphatic heterocycles. The Morgan fingerprint density at radius 2 is 0.896 bits per heavy atom. The highest BCUT2D eigenvalue weighted by atomic mass is 16.2. The van der Waals surface area contributed by atoms with E-state index in [1.807, 2.05) is 0 Å². The Morgan fingerprint density at radius 3 is 1.31 bits per heavy atom. The van der Waals surface area contributed by atoms with E-state index in [9.17, 15) is 9.59 Å². The molecule has 8 heteroatoms. The fraction of sp³-hybridized carbons (Fsp3) is 0.950. The Labute approximate surface area is 294 Å². The highest BCUT2D eigenvalue weighted by molar-refractivity contribution is 5.80. The normalized spacial score (nSPS) is 28.9. The van der Waals surface area contributed by atoms with Gasteiger partial charge < -0.3 is 15.5 Å². The zero-order valence-corrected chi connectivity index (χ0v) is 32.8. The lowest BCUT2D eigenvalue weighted by Crippen LogP contribution is -2.57. The van der Waals surface area contributed by atoms with E-state index in [0.717, 1.165) is 38.8 Å². The Balaban J connectivity index is 1.03. The summed E-state index contributed by atoms with van der Waals surface area (Å²) in [5.41, 5.74) is 0.124. The number of carbonyl (C=O) groups excluding carboxylic acids is 2. The number of piperidine rings is 4. The van der Waals surface area contributed by atoms with Crippen LogP contribution in [0.2, 0.25) is 0 Å². The maximum absolute atomic E-state index is 13.0. The van der Waals surface area contributed by atoms with E-state index in [2.05, 4.69) is 99.5 Å². The Bertz CT molecular complexity index is 1070. The molecule has 0 spiro atoms. The lowest BCUT2D eigenvalue weighted by molar-refractivity contribution is -0.130. The lowest BCUT2D eigenvalue weighted by Gasteiger charge is -2.50. The molecule has 5 aliphatic rings. The average Bonchev–Trinajstić information content (AvgIpc) is 3.27. The maximum atomic E-state index is 13.0. The Hall–Kier alpha value is -1.22. The molecular weight excluding hydrogens is 596 g/mol. The van der Waals surface area contributed by atoms with Gasteiger partial charge in [-0.15, -0.1) is 0 Å². The van der Waals surface area contributed by atoms with E-state index in [-0.39, 0.29) is 45.8 Å². The summed E-state index contributed by atoms with van der Waals surface area (Å²) in [7, 11) is 0. The van der Waals surface area contributed by atoms with Gasteiger partial charge in [0.1, 0.15) is 0 Å². The molecule has 2 unspecified atom stereocenters. The van der Waals surface area contributed by atoms with Gasteiger partial charge >= 0.3 is 0 Å². The number of fused-ring (bicyclic) bond motifs is 2. The Kier molecular flexibility index (Phi) is 11.7. The van der Waals surface area contributed by atoms with E-state index >= 15 is 0 Å². The molecule has 0 aliphatic carbocycles. The summed E-state index contributed by atoms with van der Waals surface area (Å²) in [6.45, 7) is 29.3. The molecule has 5 saturated heterocycles.